The first-order valence-electron chi connectivity index (χ1n) is 8.51. The van der Waals surface area contributed by atoms with Crippen molar-refractivity contribution in [3.05, 3.63) is 41.4 Å². The van der Waals surface area contributed by atoms with Crippen molar-refractivity contribution in [3.63, 3.8) is 0 Å². The summed E-state index contributed by atoms with van der Waals surface area (Å²) < 4.78 is 44.1. The summed E-state index contributed by atoms with van der Waals surface area (Å²) >= 11 is 5.82. The fourth-order valence-corrected chi connectivity index (χ4v) is 4.47. The van der Waals surface area contributed by atoms with Gasteiger partial charge in [-0.15, -0.1) is 5.10 Å². The normalized spacial score (nSPS) is 14.1. The number of nitrogens with two attached hydrogens (primary N) is 2. The lowest BCUT2D eigenvalue weighted by Crippen LogP contribution is -2.48. The minimum Gasteiger partial charge on any atom is -0.494 e. The summed E-state index contributed by atoms with van der Waals surface area (Å²) in [5, 5.41) is 2.45. The second kappa shape index (κ2) is 9.78. The van der Waals surface area contributed by atoms with Gasteiger partial charge < -0.3 is 25.8 Å². The van der Waals surface area contributed by atoms with Crippen LogP contribution in [0.15, 0.2) is 35.7 Å². The van der Waals surface area contributed by atoms with Crippen molar-refractivity contribution in [1.29, 1.82) is 0 Å². The molecule has 1 aromatic heterocycles. The molecule has 0 unspecified atom stereocenters. The quantitative estimate of drug-likeness (QED) is 0.257. The molecule has 0 radical (unpaired) electrons. The van der Waals surface area contributed by atoms with Crippen molar-refractivity contribution in [2.45, 2.75) is 18.3 Å². The van der Waals surface area contributed by atoms with Crippen molar-refractivity contribution in [3.8, 4) is 11.5 Å². The SMILES string of the molecule is COc1cccc(OC)c1N(C(N)=NN)S(=O)(=O)[C@@H](C)[C@H](OC)c1ncc(Cl)cn1. The molecule has 0 aliphatic rings. The average Bonchev–Trinajstić information content (AvgIpc) is 2.75. The predicted octanol–water partition coefficient (Wildman–Crippen LogP) is 1.25. The number of halogens is 1. The Bertz CT molecular complexity index is 980. The van der Waals surface area contributed by atoms with E-state index in [2.05, 4.69) is 15.1 Å². The zero-order valence-corrected chi connectivity index (χ0v) is 18.4. The number of sulfonamides is 1. The number of hydrogen-bond acceptors (Lipinski definition) is 9. The van der Waals surface area contributed by atoms with E-state index in [4.69, 9.17) is 37.4 Å². The van der Waals surface area contributed by atoms with Gasteiger partial charge in [-0.1, -0.05) is 17.7 Å². The van der Waals surface area contributed by atoms with E-state index in [1.165, 1.54) is 40.6 Å². The van der Waals surface area contributed by atoms with Crippen LogP contribution in [-0.2, 0) is 14.8 Å². The van der Waals surface area contributed by atoms with Gasteiger partial charge in [0.2, 0.25) is 16.0 Å². The zero-order chi connectivity index (χ0) is 22.5. The maximum Gasteiger partial charge on any atom is 0.247 e. The van der Waals surface area contributed by atoms with E-state index in [1.54, 1.807) is 18.2 Å². The fraction of sp³-hybridized carbons (Fsp3) is 0.353. The van der Waals surface area contributed by atoms with Crippen LogP contribution >= 0.6 is 11.6 Å². The number of nitrogens with zero attached hydrogens (tertiary/aromatic N) is 4. The van der Waals surface area contributed by atoms with E-state index >= 15 is 0 Å². The molecule has 0 aliphatic heterocycles. The van der Waals surface area contributed by atoms with Crippen LogP contribution in [0.1, 0.15) is 18.9 Å². The summed E-state index contributed by atoms with van der Waals surface area (Å²) in [6, 6.07) is 4.72. The molecule has 1 aromatic carbocycles. The molecule has 1 heterocycles. The number of hydrazone groups is 1. The van der Waals surface area contributed by atoms with Crippen LogP contribution in [0.2, 0.25) is 5.02 Å². The molecule has 0 bridgehead atoms. The number of benzene rings is 1. The molecule has 2 atom stereocenters. The Morgan fingerprint density at radius 3 is 2.13 bits per heavy atom. The Balaban J connectivity index is 2.66. The van der Waals surface area contributed by atoms with E-state index in [1.807, 2.05) is 0 Å². The molecule has 0 fully saturated rings. The summed E-state index contributed by atoms with van der Waals surface area (Å²) in [4.78, 5) is 8.12. The highest BCUT2D eigenvalue weighted by molar-refractivity contribution is 7.94. The molecule has 0 spiro atoms. The first kappa shape index (κ1) is 23.4. The van der Waals surface area contributed by atoms with Gasteiger partial charge in [-0.05, 0) is 19.1 Å². The molecule has 164 valence electrons. The van der Waals surface area contributed by atoms with Crippen LogP contribution in [-0.4, -0.2) is 50.9 Å². The average molecular weight is 459 g/mol. The van der Waals surface area contributed by atoms with E-state index < -0.39 is 27.3 Å². The van der Waals surface area contributed by atoms with Crippen molar-refractivity contribution >= 4 is 33.3 Å². The summed E-state index contributed by atoms with van der Waals surface area (Å²) in [7, 11) is -0.211. The van der Waals surface area contributed by atoms with Crippen molar-refractivity contribution in [2.75, 3.05) is 25.6 Å². The summed E-state index contributed by atoms with van der Waals surface area (Å²) in [6.07, 6.45) is 1.62. The highest BCUT2D eigenvalue weighted by atomic mass is 35.5. The molecule has 30 heavy (non-hydrogen) atoms. The molecule has 0 saturated carbocycles. The second-order valence-corrected chi connectivity index (χ2v) is 8.50. The van der Waals surface area contributed by atoms with Gasteiger partial charge in [0.15, 0.2) is 5.82 Å². The Hall–Kier alpha value is -2.83. The zero-order valence-electron chi connectivity index (χ0n) is 16.8. The van der Waals surface area contributed by atoms with Crippen molar-refractivity contribution < 1.29 is 22.6 Å². The molecular weight excluding hydrogens is 436 g/mol. The van der Waals surface area contributed by atoms with E-state index in [-0.39, 0.29) is 23.0 Å². The first-order valence-corrected chi connectivity index (χ1v) is 10.4. The van der Waals surface area contributed by atoms with E-state index in [9.17, 15) is 8.42 Å². The Kier molecular flexibility index (Phi) is 7.65. The fourth-order valence-electron chi connectivity index (χ4n) is 2.76. The second-order valence-electron chi connectivity index (χ2n) is 5.93. The number of anilines is 1. The van der Waals surface area contributed by atoms with Crippen molar-refractivity contribution in [1.82, 2.24) is 9.97 Å². The minimum atomic E-state index is -4.30. The summed E-state index contributed by atoms with van der Waals surface area (Å²) in [5.74, 6) is 5.30. The van der Waals surface area contributed by atoms with Crippen LogP contribution in [0.4, 0.5) is 5.69 Å². The highest BCUT2D eigenvalue weighted by Gasteiger charge is 2.41. The number of aromatic nitrogens is 2. The molecule has 11 nitrogen and oxygen atoms in total. The Morgan fingerprint density at radius 1 is 1.17 bits per heavy atom. The van der Waals surface area contributed by atoms with E-state index in [0.717, 1.165) is 4.31 Å². The molecule has 4 N–H and O–H groups in total. The maximum atomic E-state index is 13.6. The third kappa shape index (κ3) is 4.50. The van der Waals surface area contributed by atoms with Crippen LogP contribution in [0, 0.1) is 0 Å². The Morgan fingerprint density at radius 2 is 1.70 bits per heavy atom. The molecule has 2 rings (SSSR count). The molecule has 13 heteroatoms. The minimum absolute atomic E-state index is 0.00734. The highest BCUT2D eigenvalue weighted by Crippen LogP contribution is 2.41. The number of ether oxygens (including phenoxy) is 3. The molecule has 0 aliphatic carbocycles. The third-order valence-corrected chi connectivity index (χ3v) is 6.51. The van der Waals surface area contributed by atoms with Crippen molar-refractivity contribution in [2.24, 2.45) is 16.7 Å². The number of methoxy groups -OCH3 is 3. The van der Waals surface area contributed by atoms with Gasteiger partial charge in [0, 0.05) is 19.5 Å². The predicted molar refractivity (Wildman–Crippen MR) is 113 cm³/mol. The lowest BCUT2D eigenvalue weighted by atomic mass is 10.2. The number of para-hydroxylation sites is 1. The standard InChI is InChI=1S/C17H23ClN6O5S/c1-10(15(29-4)16-21-8-11(18)9-22-16)30(25,26)24(17(19)23-20)14-12(27-2)6-5-7-13(14)28-3/h5-10,15H,20H2,1-4H3,(H2,19,23)/t10-,15-/m0/s1. The van der Waals surface area contributed by atoms with Crippen LogP contribution in [0.25, 0.3) is 0 Å². The van der Waals surface area contributed by atoms with E-state index in [0.29, 0.717) is 5.02 Å². The molecular formula is C17H23ClN6O5S. The molecule has 2 aromatic rings. The number of guanidine groups is 1. The molecule has 0 saturated heterocycles. The van der Waals surface area contributed by atoms with Gasteiger partial charge in [0.05, 0.1) is 19.2 Å². The monoisotopic (exact) mass is 458 g/mol. The number of hydrogen-bond donors (Lipinski definition) is 2. The summed E-state index contributed by atoms with van der Waals surface area (Å²) in [6.45, 7) is 1.42. The number of rotatable bonds is 8. The van der Waals surface area contributed by atoms with Gasteiger partial charge >= 0.3 is 0 Å². The topological polar surface area (TPSA) is 155 Å². The lowest BCUT2D eigenvalue weighted by molar-refractivity contribution is 0.0948. The van der Waals surface area contributed by atoms with Gasteiger partial charge in [0.1, 0.15) is 28.5 Å². The van der Waals surface area contributed by atoms with Gasteiger partial charge in [0.25, 0.3) is 0 Å². The first-order chi connectivity index (χ1) is 14.2. The smallest absolute Gasteiger partial charge is 0.247 e. The van der Waals surface area contributed by atoms with Gasteiger partial charge in [-0.25, -0.2) is 18.4 Å². The lowest BCUT2D eigenvalue weighted by Gasteiger charge is -2.30. The summed E-state index contributed by atoms with van der Waals surface area (Å²) in [5.41, 5.74) is 5.90. The maximum absolute atomic E-state index is 13.6. The van der Waals surface area contributed by atoms with Crippen LogP contribution in [0.3, 0.4) is 0 Å². The van der Waals surface area contributed by atoms with Crippen LogP contribution in [0.5, 0.6) is 11.5 Å². The Labute approximate surface area is 179 Å². The van der Waals surface area contributed by atoms with Crippen LogP contribution < -0.4 is 25.4 Å². The van der Waals surface area contributed by atoms with Gasteiger partial charge in [-0.2, -0.15) is 4.31 Å². The largest absolute Gasteiger partial charge is 0.494 e. The molecule has 0 amide bonds. The van der Waals surface area contributed by atoms with Gasteiger partial charge in [-0.3, -0.25) is 0 Å². The third-order valence-electron chi connectivity index (χ3n) is 4.24.